The van der Waals surface area contributed by atoms with Crippen molar-refractivity contribution in [3.8, 4) is 11.8 Å². The van der Waals surface area contributed by atoms with E-state index in [4.69, 9.17) is 4.74 Å². The van der Waals surface area contributed by atoms with E-state index in [2.05, 4.69) is 37.7 Å². The van der Waals surface area contributed by atoms with Crippen LogP contribution in [0.4, 0.5) is 0 Å². The molecule has 0 aliphatic carbocycles. The quantitative estimate of drug-likeness (QED) is 0.802. The molecule has 0 amide bonds. The van der Waals surface area contributed by atoms with Gasteiger partial charge < -0.3 is 4.74 Å². The molecule has 0 N–H and O–H groups in total. The largest absolute Gasteiger partial charge is 0.476 e. The van der Waals surface area contributed by atoms with Crippen LogP contribution in [0.2, 0.25) is 0 Å². The van der Waals surface area contributed by atoms with Crippen LogP contribution in [0.1, 0.15) is 18.2 Å². The molecule has 0 unspecified atom stereocenters. The van der Waals surface area contributed by atoms with Crippen molar-refractivity contribution in [2.75, 3.05) is 6.61 Å². The molecule has 0 aromatic carbocycles. The lowest BCUT2D eigenvalue weighted by molar-refractivity contribution is 0.322. The smallest absolute Gasteiger partial charge is 0.250 e. The van der Waals surface area contributed by atoms with Crippen LogP contribution in [0.3, 0.4) is 0 Å². The van der Waals surface area contributed by atoms with Gasteiger partial charge in [0.1, 0.15) is 0 Å². The van der Waals surface area contributed by atoms with E-state index in [1.807, 2.05) is 20.8 Å². The van der Waals surface area contributed by atoms with Gasteiger partial charge >= 0.3 is 0 Å². The second kappa shape index (κ2) is 4.99. The maximum absolute atomic E-state index is 5.45. The highest BCUT2D eigenvalue weighted by Crippen LogP contribution is 2.24. The Bertz CT molecular complexity index is 521. The number of hydrogen-bond donors (Lipinski definition) is 0. The summed E-state index contributed by atoms with van der Waals surface area (Å²) in [7, 11) is 0. The molecular formula is C11H13IN4O. The Morgan fingerprint density at radius 2 is 1.94 bits per heavy atom. The van der Waals surface area contributed by atoms with Gasteiger partial charge in [-0.1, -0.05) is 0 Å². The molecule has 0 aliphatic rings. The Hall–Kier alpha value is -1.18. The second-order valence-electron chi connectivity index (χ2n) is 3.61. The normalized spacial score (nSPS) is 10.6. The van der Waals surface area contributed by atoms with Gasteiger partial charge in [-0.25, -0.2) is 9.97 Å². The monoisotopic (exact) mass is 344 g/mol. The summed E-state index contributed by atoms with van der Waals surface area (Å²) in [5.41, 5.74) is 2.01. The minimum Gasteiger partial charge on any atom is -0.476 e. The van der Waals surface area contributed by atoms with Gasteiger partial charge in [-0.3, -0.25) is 0 Å². The maximum atomic E-state index is 5.45. The lowest BCUT2D eigenvalue weighted by Gasteiger charge is -2.01. The van der Waals surface area contributed by atoms with E-state index in [9.17, 15) is 0 Å². The minimum absolute atomic E-state index is 0.567. The number of aromatic nitrogens is 4. The van der Waals surface area contributed by atoms with Crippen LogP contribution < -0.4 is 4.74 Å². The van der Waals surface area contributed by atoms with Crippen molar-refractivity contribution in [1.29, 1.82) is 0 Å². The molecule has 0 aliphatic heterocycles. The summed E-state index contributed by atoms with van der Waals surface area (Å²) in [5, 5.41) is 4.36. The predicted octanol–water partition coefficient (Wildman–Crippen LogP) is 2.28. The molecule has 90 valence electrons. The van der Waals surface area contributed by atoms with Crippen LogP contribution in [0.25, 0.3) is 5.95 Å². The number of ether oxygens (including phenoxy) is 1. The zero-order valence-corrected chi connectivity index (χ0v) is 12.1. The van der Waals surface area contributed by atoms with Gasteiger partial charge in [-0.05, 0) is 48.9 Å². The van der Waals surface area contributed by atoms with Crippen molar-refractivity contribution < 1.29 is 4.74 Å². The average Bonchev–Trinajstić information content (AvgIpc) is 2.59. The van der Waals surface area contributed by atoms with Gasteiger partial charge in [0.2, 0.25) is 5.88 Å². The fraction of sp³-hybridized carbons (Fsp3) is 0.364. The van der Waals surface area contributed by atoms with E-state index >= 15 is 0 Å². The highest BCUT2D eigenvalue weighted by atomic mass is 127. The van der Waals surface area contributed by atoms with Crippen molar-refractivity contribution in [2.24, 2.45) is 0 Å². The first-order valence-corrected chi connectivity index (χ1v) is 6.38. The van der Waals surface area contributed by atoms with Gasteiger partial charge in [0.15, 0.2) is 0 Å². The molecule has 2 aromatic heterocycles. The van der Waals surface area contributed by atoms with Crippen molar-refractivity contribution in [3.05, 3.63) is 27.2 Å². The van der Waals surface area contributed by atoms with Gasteiger partial charge in [0, 0.05) is 12.4 Å². The molecule has 2 rings (SSSR count). The number of halogens is 1. The number of hydrogen-bond acceptors (Lipinski definition) is 4. The zero-order valence-electron chi connectivity index (χ0n) is 9.94. The predicted molar refractivity (Wildman–Crippen MR) is 72.5 cm³/mol. The lowest BCUT2D eigenvalue weighted by atomic mass is 10.4. The van der Waals surface area contributed by atoms with E-state index < -0.39 is 0 Å². The van der Waals surface area contributed by atoms with Gasteiger partial charge in [0.05, 0.1) is 15.9 Å². The first-order chi connectivity index (χ1) is 8.13. The third-order valence-electron chi connectivity index (χ3n) is 2.25. The summed E-state index contributed by atoms with van der Waals surface area (Å²) in [6.45, 7) is 6.46. The molecule has 17 heavy (non-hydrogen) atoms. The molecule has 6 heteroatoms. The molecule has 0 radical (unpaired) electrons. The lowest BCUT2D eigenvalue weighted by Crippen LogP contribution is -2.05. The van der Waals surface area contributed by atoms with E-state index in [0.717, 1.165) is 14.8 Å². The molecular weight excluding hydrogens is 331 g/mol. The highest BCUT2D eigenvalue weighted by molar-refractivity contribution is 14.1. The summed E-state index contributed by atoms with van der Waals surface area (Å²) in [6.07, 6.45) is 3.55. The molecule has 0 atom stereocenters. The Morgan fingerprint density at radius 3 is 2.53 bits per heavy atom. The van der Waals surface area contributed by atoms with Crippen molar-refractivity contribution in [1.82, 2.24) is 19.7 Å². The minimum atomic E-state index is 0.567. The van der Waals surface area contributed by atoms with Crippen molar-refractivity contribution in [2.45, 2.75) is 20.8 Å². The highest BCUT2D eigenvalue weighted by Gasteiger charge is 2.15. The van der Waals surface area contributed by atoms with Crippen LogP contribution in [-0.4, -0.2) is 26.4 Å². The van der Waals surface area contributed by atoms with Gasteiger partial charge in [-0.2, -0.15) is 4.68 Å². The Kier molecular flexibility index (Phi) is 3.60. The van der Waals surface area contributed by atoms with Crippen LogP contribution in [0.5, 0.6) is 5.88 Å². The summed E-state index contributed by atoms with van der Waals surface area (Å²) >= 11 is 2.22. The van der Waals surface area contributed by atoms with Crippen LogP contribution >= 0.6 is 22.6 Å². The third kappa shape index (κ3) is 2.41. The molecule has 0 fully saturated rings. The standard InChI is InChI=1S/C11H13IN4O/c1-4-17-10-9(12)8(3)16(15-10)11-13-5-7(2)6-14-11/h5-6H,4H2,1-3H3. The molecule has 0 saturated heterocycles. The molecule has 2 heterocycles. The molecule has 5 nitrogen and oxygen atoms in total. The third-order valence-corrected chi connectivity index (χ3v) is 3.49. The van der Waals surface area contributed by atoms with E-state index in [1.54, 1.807) is 17.1 Å². The van der Waals surface area contributed by atoms with E-state index in [1.165, 1.54) is 0 Å². The Labute approximate surface area is 113 Å². The summed E-state index contributed by atoms with van der Waals surface area (Å²) < 4.78 is 8.14. The molecule has 0 spiro atoms. The Balaban J connectivity index is 2.45. The van der Waals surface area contributed by atoms with Crippen LogP contribution in [0, 0.1) is 17.4 Å². The van der Waals surface area contributed by atoms with Crippen molar-refractivity contribution >= 4 is 22.6 Å². The second-order valence-corrected chi connectivity index (χ2v) is 4.69. The van der Waals surface area contributed by atoms with E-state index in [-0.39, 0.29) is 0 Å². The average molecular weight is 344 g/mol. The first kappa shape index (κ1) is 12.3. The summed E-state index contributed by atoms with van der Waals surface area (Å²) in [4.78, 5) is 8.51. The molecule has 2 aromatic rings. The van der Waals surface area contributed by atoms with Crippen LogP contribution in [-0.2, 0) is 0 Å². The topological polar surface area (TPSA) is 52.8 Å². The van der Waals surface area contributed by atoms with Crippen LogP contribution in [0.15, 0.2) is 12.4 Å². The number of nitrogens with zero attached hydrogens (tertiary/aromatic N) is 4. The fourth-order valence-electron chi connectivity index (χ4n) is 1.38. The van der Waals surface area contributed by atoms with Crippen molar-refractivity contribution in [3.63, 3.8) is 0 Å². The SMILES string of the molecule is CCOc1nn(-c2ncc(C)cn2)c(C)c1I. The molecule has 0 saturated carbocycles. The van der Waals surface area contributed by atoms with E-state index in [0.29, 0.717) is 18.4 Å². The Morgan fingerprint density at radius 1 is 1.29 bits per heavy atom. The number of aryl methyl sites for hydroxylation is 1. The summed E-state index contributed by atoms with van der Waals surface area (Å²) in [5.74, 6) is 1.20. The number of rotatable bonds is 3. The van der Waals surface area contributed by atoms with Gasteiger partial charge in [0.25, 0.3) is 5.95 Å². The summed E-state index contributed by atoms with van der Waals surface area (Å²) in [6, 6.07) is 0. The van der Waals surface area contributed by atoms with Gasteiger partial charge in [-0.15, -0.1) is 5.10 Å². The zero-order chi connectivity index (χ0) is 12.4. The maximum Gasteiger partial charge on any atom is 0.250 e. The molecule has 0 bridgehead atoms. The first-order valence-electron chi connectivity index (χ1n) is 5.30. The fourth-order valence-corrected chi connectivity index (χ4v) is 1.87.